The van der Waals surface area contributed by atoms with Gasteiger partial charge in [0.05, 0.1) is 50.3 Å². The smallest absolute Gasteiger partial charge is 0.330 e. The zero-order valence-corrected chi connectivity index (χ0v) is 31.8. The molecule has 1 aliphatic heterocycles. The van der Waals surface area contributed by atoms with Crippen LogP contribution in [0.1, 0.15) is 67.2 Å². The molecule has 0 spiro atoms. The van der Waals surface area contributed by atoms with Gasteiger partial charge in [-0.15, -0.1) is 0 Å². The normalized spacial score (nSPS) is 19.7. The predicted molar refractivity (Wildman–Crippen MR) is 186 cm³/mol. The maximum absolute atomic E-state index is 14.1. The molecule has 1 saturated heterocycles. The fourth-order valence-electron chi connectivity index (χ4n) is 6.79. The van der Waals surface area contributed by atoms with Gasteiger partial charge in [-0.3, -0.25) is 24.1 Å². The molecule has 9 atom stereocenters. The second kappa shape index (κ2) is 20.6. The van der Waals surface area contributed by atoms with E-state index in [1.807, 2.05) is 27.7 Å². The Morgan fingerprint density at radius 1 is 0.980 bits per heavy atom. The zero-order valence-electron chi connectivity index (χ0n) is 31.8. The summed E-state index contributed by atoms with van der Waals surface area (Å²) in [5.74, 6) is -3.14. The average molecular weight is 698 g/mol. The lowest BCUT2D eigenvalue weighted by Gasteiger charge is -2.41. The number of nitrogens with one attached hydrogen (secondary N) is 2. The molecule has 1 heterocycles. The third-order valence-corrected chi connectivity index (χ3v) is 9.71. The molecule has 14 nitrogen and oxygen atoms in total. The largest absolute Gasteiger partial charge is 0.467 e. The highest BCUT2D eigenvalue weighted by molar-refractivity contribution is 5.91. The molecular weight excluding hydrogens is 634 g/mol. The first kappa shape index (κ1) is 44.0. The number of likely N-dealkylation sites (tertiary alicyclic amines) is 1. The molecule has 4 amide bonds. The number of likely N-dealkylation sites (N-methyl/N-ethyl adjacent to an activating group) is 2. The van der Waals surface area contributed by atoms with Crippen LogP contribution in [0, 0.1) is 17.8 Å². The highest BCUT2D eigenvalue weighted by Gasteiger charge is 2.43. The second-order valence-electron chi connectivity index (χ2n) is 13.8. The molecule has 3 N–H and O–H groups in total. The number of ether oxygens (including phenoxy) is 3. The van der Waals surface area contributed by atoms with Crippen LogP contribution >= 0.6 is 0 Å². The van der Waals surface area contributed by atoms with Crippen molar-refractivity contribution in [3.05, 3.63) is 12.2 Å². The van der Waals surface area contributed by atoms with E-state index < -0.39 is 66.8 Å². The summed E-state index contributed by atoms with van der Waals surface area (Å²) in [6.07, 6.45) is 0.616. The van der Waals surface area contributed by atoms with Crippen molar-refractivity contribution >= 4 is 29.6 Å². The first-order chi connectivity index (χ1) is 22.9. The highest BCUT2D eigenvalue weighted by Crippen LogP contribution is 2.29. The van der Waals surface area contributed by atoms with Crippen LogP contribution in [0.3, 0.4) is 0 Å². The fourth-order valence-corrected chi connectivity index (χ4v) is 6.79. The van der Waals surface area contributed by atoms with Gasteiger partial charge in [-0.1, -0.05) is 53.2 Å². The summed E-state index contributed by atoms with van der Waals surface area (Å²) in [5.41, 5.74) is 0.655. The number of nitrogens with zero attached hydrogens (tertiary/aromatic N) is 3. The first-order valence-corrected chi connectivity index (χ1v) is 17.2. The summed E-state index contributed by atoms with van der Waals surface area (Å²) in [6.45, 7) is 15.0. The summed E-state index contributed by atoms with van der Waals surface area (Å²) < 4.78 is 16.4. The van der Waals surface area contributed by atoms with E-state index >= 15 is 0 Å². The number of amides is 4. The van der Waals surface area contributed by atoms with Gasteiger partial charge in [0.2, 0.25) is 23.6 Å². The molecule has 0 aromatic heterocycles. The Morgan fingerprint density at radius 2 is 1.59 bits per heavy atom. The number of esters is 1. The number of hydrogen-bond donors (Lipinski definition) is 3. The van der Waals surface area contributed by atoms with Crippen LogP contribution in [-0.2, 0) is 38.2 Å². The van der Waals surface area contributed by atoms with E-state index in [1.54, 1.807) is 49.7 Å². The molecule has 0 radical (unpaired) electrons. The summed E-state index contributed by atoms with van der Waals surface area (Å²) in [7, 11) is 9.41. The molecule has 0 aromatic rings. The number of carbonyl (C=O) groups excluding carboxylic acids is 5. The Balaban J connectivity index is 3.28. The lowest BCUT2D eigenvalue weighted by Crippen LogP contribution is -2.59. The topological polar surface area (TPSA) is 167 Å². The van der Waals surface area contributed by atoms with Crippen molar-refractivity contribution < 1.29 is 43.3 Å². The van der Waals surface area contributed by atoms with Gasteiger partial charge in [-0.2, -0.15) is 0 Å². The average Bonchev–Trinajstić information content (AvgIpc) is 3.54. The number of aliphatic hydroxyl groups is 1. The van der Waals surface area contributed by atoms with E-state index in [0.29, 0.717) is 31.4 Å². The molecule has 0 aliphatic carbocycles. The summed E-state index contributed by atoms with van der Waals surface area (Å²) in [4.78, 5) is 71.5. The summed E-state index contributed by atoms with van der Waals surface area (Å²) >= 11 is 0. The van der Waals surface area contributed by atoms with Gasteiger partial charge in [0.1, 0.15) is 12.1 Å². The predicted octanol–water partition coefficient (Wildman–Crippen LogP) is 1.20. The van der Waals surface area contributed by atoms with Crippen molar-refractivity contribution in [3.8, 4) is 0 Å². The molecule has 0 unspecified atom stereocenters. The monoisotopic (exact) mass is 697 g/mol. The zero-order chi connectivity index (χ0) is 37.7. The van der Waals surface area contributed by atoms with Crippen molar-refractivity contribution in [3.63, 3.8) is 0 Å². The minimum absolute atomic E-state index is 0.0252. The highest BCUT2D eigenvalue weighted by atomic mass is 16.5. The molecule has 0 bridgehead atoms. The van der Waals surface area contributed by atoms with Crippen LogP contribution in [0.25, 0.3) is 0 Å². The number of carbonyl (C=O) groups is 5. The maximum atomic E-state index is 14.1. The first-order valence-electron chi connectivity index (χ1n) is 17.2. The minimum Gasteiger partial charge on any atom is -0.467 e. The van der Waals surface area contributed by atoms with Gasteiger partial charge in [0.15, 0.2) is 6.04 Å². The van der Waals surface area contributed by atoms with Crippen LogP contribution in [0.5, 0.6) is 0 Å². The number of rotatable bonds is 20. The molecule has 1 fully saturated rings. The van der Waals surface area contributed by atoms with Crippen molar-refractivity contribution in [1.29, 1.82) is 0 Å². The Kier molecular flexibility index (Phi) is 18.4. The van der Waals surface area contributed by atoms with Crippen molar-refractivity contribution in [2.75, 3.05) is 55.6 Å². The SMILES string of the molecule is C=C(C)[C@@H](C(=O)N[C@H](C(=O)N(C)[C@@H]([C@@H](C)CC)[C@@H](CC(=O)N1CCC[C@H]1[C@H](OC)[C@@H](C)C(=O)N[C@@H](CO)C(=O)OC)OC)C(C)C)N(C)C. The lowest BCUT2D eigenvalue weighted by molar-refractivity contribution is -0.149. The Bertz CT molecular complexity index is 1130. The van der Waals surface area contributed by atoms with E-state index in [2.05, 4.69) is 21.9 Å². The van der Waals surface area contributed by atoms with E-state index in [1.165, 1.54) is 21.3 Å². The molecule has 282 valence electrons. The lowest BCUT2D eigenvalue weighted by atomic mass is 9.89. The standard InChI is InChI=1S/C35H63N5O9/c1-14-22(6)30(39(10)34(45)28(20(2)3)37-33(44)29(21(4)5)38(8)9)26(47-11)18-27(42)40-17-15-16-25(40)31(48-12)23(7)32(43)36-24(19-41)35(46)49-13/h20,22-26,28-31,41H,4,14-19H2,1-3,5-13H3,(H,36,43)(H,37,44)/t22-,23+,24-,25-,26+,28-,29-,30-,31+/m0/s1. The van der Waals surface area contributed by atoms with Crippen LogP contribution in [0.4, 0.5) is 0 Å². The third-order valence-electron chi connectivity index (χ3n) is 9.71. The van der Waals surface area contributed by atoms with E-state index in [0.717, 1.165) is 0 Å². The van der Waals surface area contributed by atoms with E-state index in [-0.39, 0.29) is 36.0 Å². The van der Waals surface area contributed by atoms with Crippen LogP contribution in [0.2, 0.25) is 0 Å². The Morgan fingerprint density at radius 3 is 2.04 bits per heavy atom. The Labute approximate surface area is 293 Å². The van der Waals surface area contributed by atoms with E-state index in [4.69, 9.17) is 9.47 Å². The Hall–Kier alpha value is -3.07. The molecule has 1 rings (SSSR count). The van der Waals surface area contributed by atoms with Gasteiger partial charge < -0.3 is 39.8 Å². The number of aliphatic hydroxyl groups excluding tert-OH is 1. The molecule has 0 aromatic carbocycles. The molecule has 1 aliphatic rings. The molecular formula is C35H63N5O9. The van der Waals surface area contributed by atoms with Gasteiger partial charge in [-0.05, 0) is 45.7 Å². The quantitative estimate of drug-likeness (QED) is 0.124. The van der Waals surface area contributed by atoms with Crippen molar-refractivity contribution in [2.45, 2.75) is 110 Å². The number of methoxy groups -OCH3 is 3. The van der Waals surface area contributed by atoms with Crippen molar-refractivity contribution in [2.24, 2.45) is 17.8 Å². The second-order valence-corrected chi connectivity index (χ2v) is 13.8. The molecule has 14 heteroatoms. The van der Waals surface area contributed by atoms with Gasteiger partial charge >= 0.3 is 5.97 Å². The maximum Gasteiger partial charge on any atom is 0.330 e. The summed E-state index contributed by atoms with van der Waals surface area (Å²) in [5, 5.41) is 15.0. The van der Waals surface area contributed by atoms with Crippen molar-refractivity contribution in [1.82, 2.24) is 25.3 Å². The summed E-state index contributed by atoms with van der Waals surface area (Å²) in [6, 6.07) is -3.56. The minimum atomic E-state index is -1.22. The van der Waals surface area contributed by atoms with Gasteiger partial charge in [0.25, 0.3) is 0 Å². The molecule has 0 saturated carbocycles. The number of hydrogen-bond acceptors (Lipinski definition) is 10. The van der Waals surface area contributed by atoms with Gasteiger partial charge in [-0.25, -0.2) is 4.79 Å². The van der Waals surface area contributed by atoms with Crippen LogP contribution in [0.15, 0.2) is 12.2 Å². The van der Waals surface area contributed by atoms with E-state index in [9.17, 15) is 29.1 Å². The molecule has 49 heavy (non-hydrogen) atoms. The van der Waals surface area contributed by atoms with Gasteiger partial charge in [0, 0.05) is 27.8 Å². The third kappa shape index (κ3) is 11.5. The fraction of sp³-hybridized carbons (Fsp3) is 0.800. The van der Waals surface area contributed by atoms with Crippen LogP contribution < -0.4 is 10.6 Å². The van der Waals surface area contributed by atoms with Crippen LogP contribution in [-0.4, -0.2) is 147 Å².